The number of anilines is 1. The highest BCUT2D eigenvalue weighted by Crippen LogP contribution is 2.29. The third-order valence-corrected chi connectivity index (χ3v) is 3.51. The first-order valence-electron chi connectivity index (χ1n) is 4.38. The van der Waals surface area contributed by atoms with Crippen LogP contribution in [0.5, 0.6) is 0 Å². The first kappa shape index (κ1) is 12.5. The lowest BCUT2D eigenvalue weighted by Gasteiger charge is -2.14. The first-order chi connectivity index (χ1) is 7.04. The summed E-state index contributed by atoms with van der Waals surface area (Å²) in [5, 5.41) is 10.4. The van der Waals surface area contributed by atoms with Crippen LogP contribution in [-0.4, -0.2) is 26.4 Å². The molecule has 0 aliphatic carbocycles. The van der Waals surface area contributed by atoms with Gasteiger partial charge in [0, 0.05) is 5.25 Å². The first-order valence-corrected chi connectivity index (χ1v) is 5.64. The van der Waals surface area contributed by atoms with E-state index in [1.54, 1.807) is 6.92 Å². The molecule has 0 spiro atoms. The summed E-state index contributed by atoms with van der Waals surface area (Å²) in [6.07, 6.45) is 1.04. The molecule has 0 amide bonds. The van der Waals surface area contributed by atoms with E-state index in [0.717, 1.165) is 0 Å². The van der Waals surface area contributed by atoms with Crippen LogP contribution in [0.25, 0.3) is 0 Å². The summed E-state index contributed by atoms with van der Waals surface area (Å²) in [4.78, 5) is 7.94. The summed E-state index contributed by atoms with van der Waals surface area (Å²) in [6, 6.07) is 0. The van der Waals surface area contributed by atoms with Crippen LogP contribution < -0.4 is 11.3 Å². The van der Waals surface area contributed by atoms with Gasteiger partial charge < -0.3 is 5.11 Å². The Hall–Kier alpha value is -0.560. The number of aliphatic hydroxyl groups is 1. The normalized spacial score (nSPS) is 14.7. The van der Waals surface area contributed by atoms with Crippen LogP contribution in [0, 0.1) is 0 Å². The molecule has 84 valence electrons. The average Bonchev–Trinajstić information content (AvgIpc) is 2.21. The van der Waals surface area contributed by atoms with E-state index in [2.05, 4.69) is 15.4 Å². The van der Waals surface area contributed by atoms with Crippen molar-refractivity contribution in [3.8, 4) is 0 Å². The Labute approximate surface area is 97.4 Å². The number of nitrogens with two attached hydrogens (primary N) is 1. The molecule has 0 aliphatic rings. The fourth-order valence-corrected chi connectivity index (χ4v) is 1.86. The van der Waals surface area contributed by atoms with Crippen molar-refractivity contribution in [2.45, 2.75) is 30.2 Å². The maximum absolute atomic E-state index is 9.35. The van der Waals surface area contributed by atoms with E-state index < -0.39 is 6.10 Å². The minimum atomic E-state index is -0.435. The molecule has 1 aromatic heterocycles. The van der Waals surface area contributed by atoms with Gasteiger partial charge in [0.1, 0.15) is 5.03 Å². The molecule has 1 heterocycles. The van der Waals surface area contributed by atoms with Gasteiger partial charge in [0.25, 0.3) is 0 Å². The van der Waals surface area contributed by atoms with Gasteiger partial charge >= 0.3 is 0 Å². The number of hydrogen-bond donors (Lipinski definition) is 3. The lowest BCUT2D eigenvalue weighted by Crippen LogP contribution is -2.16. The molecule has 5 nitrogen and oxygen atoms in total. The van der Waals surface area contributed by atoms with Crippen molar-refractivity contribution < 1.29 is 5.11 Å². The number of thioether (sulfide) groups is 1. The number of hydrazine groups is 1. The molecule has 2 atom stereocenters. The Balaban J connectivity index is 2.83. The standard InChI is InChI=1S/C8H13ClN4OS/c1-4(14)5(2)15-7-6(9)3-11-8(12-7)13-10/h3-5,14H,10H2,1-2H3,(H,11,12,13). The van der Waals surface area contributed by atoms with Crippen molar-refractivity contribution in [3.63, 3.8) is 0 Å². The molecule has 0 saturated carbocycles. The average molecular weight is 249 g/mol. The molecule has 0 bridgehead atoms. The lowest BCUT2D eigenvalue weighted by molar-refractivity contribution is 0.196. The van der Waals surface area contributed by atoms with Crippen LogP contribution in [0.2, 0.25) is 5.02 Å². The van der Waals surface area contributed by atoms with E-state index in [4.69, 9.17) is 17.4 Å². The highest BCUT2D eigenvalue weighted by Gasteiger charge is 2.14. The molecule has 0 aromatic carbocycles. The van der Waals surface area contributed by atoms with Crippen LogP contribution in [0.3, 0.4) is 0 Å². The number of rotatable bonds is 4. The molecular formula is C8H13ClN4OS. The Kier molecular flexibility index (Phi) is 4.59. The minimum Gasteiger partial charge on any atom is -0.392 e. The number of halogens is 1. The Morgan fingerprint density at radius 2 is 2.27 bits per heavy atom. The molecule has 15 heavy (non-hydrogen) atoms. The summed E-state index contributed by atoms with van der Waals surface area (Å²) in [5.41, 5.74) is 2.34. The van der Waals surface area contributed by atoms with Gasteiger partial charge in [-0.1, -0.05) is 30.3 Å². The minimum absolute atomic E-state index is 0.00280. The van der Waals surface area contributed by atoms with Crippen molar-refractivity contribution in [2.24, 2.45) is 5.84 Å². The summed E-state index contributed by atoms with van der Waals surface area (Å²) >= 11 is 7.29. The zero-order valence-electron chi connectivity index (χ0n) is 8.44. The van der Waals surface area contributed by atoms with Crippen LogP contribution >= 0.6 is 23.4 Å². The van der Waals surface area contributed by atoms with Crippen LogP contribution in [0.4, 0.5) is 5.95 Å². The fourth-order valence-electron chi connectivity index (χ4n) is 0.778. The smallest absolute Gasteiger partial charge is 0.238 e. The second-order valence-electron chi connectivity index (χ2n) is 3.05. The maximum Gasteiger partial charge on any atom is 0.238 e. The molecule has 7 heteroatoms. The van der Waals surface area contributed by atoms with E-state index in [1.165, 1.54) is 18.0 Å². The van der Waals surface area contributed by atoms with Gasteiger partial charge in [-0.05, 0) is 6.92 Å². The predicted octanol–water partition coefficient (Wildman–Crippen LogP) is 1.28. The summed E-state index contributed by atoms with van der Waals surface area (Å²) in [5.74, 6) is 5.49. The Bertz CT molecular complexity index is 336. The van der Waals surface area contributed by atoms with Gasteiger partial charge in [0.05, 0.1) is 17.3 Å². The van der Waals surface area contributed by atoms with Gasteiger partial charge in [-0.2, -0.15) is 0 Å². The molecule has 1 rings (SSSR count). The molecule has 0 saturated heterocycles. The number of aromatic nitrogens is 2. The van der Waals surface area contributed by atoms with Crippen molar-refractivity contribution in [3.05, 3.63) is 11.2 Å². The van der Waals surface area contributed by atoms with E-state index >= 15 is 0 Å². The van der Waals surface area contributed by atoms with E-state index in [9.17, 15) is 5.11 Å². The molecular weight excluding hydrogens is 236 g/mol. The van der Waals surface area contributed by atoms with Gasteiger partial charge in [-0.15, -0.1) is 0 Å². The van der Waals surface area contributed by atoms with Crippen molar-refractivity contribution >= 4 is 29.3 Å². The third kappa shape index (κ3) is 3.49. The van der Waals surface area contributed by atoms with E-state index in [0.29, 0.717) is 16.0 Å². The maximum atomic E-state index is 9.35. The van der Waals surface area contributed by atoms with Gasteiger partial charge in [0.2, 0.25) is 5.95 Å². The van der Waals surface area contributed by atoms with E-state index in [-0.39, 0.29) is 5.25 Å². The number of aliphatic hydroxyl groups excluding tert-OH is 1. The van der Waals surface area contributed by atoms with Crippen LogP contribution in [-0.2, 0) is 0 Å². The predicted molar refractivity (Wildman–Crippen MR) is 61.9 cm³/mol. The molecule has 0 aliphatic heterocycles. The van der Waals surface area contributed by atoms with Crippen molar-refractivity contribution in [1.82, 2.24) is 9.97 Å². The van der Waals surface area contributed by atoms with Gasteiger partial charge in [0.15, 0.2) is 0 Å². The van der Waals surface area contributed by atoms with Crippen LogP contribution in [0.1, 0.15) is 13.8 Å². The second kappa shape index (κ2) is 5.50. The summed E-state index contributed by atoms with van der Waals surface area (Å²) in [6.45, 7) is 3.61. The third-order valence-electron chi connectivity index (χ3n) is 1.82. The SMILES string of the molecule is CC(O)C(C)Sc1nc(NN)ncc1Cl. The molecule has 2 unspecified atom stereocenters. The van der Waals surface area contributed by atoms with Crippen molar-refractivity contribution in [1.29, 1.82) is 0 Å². The van der Waals surface area contributed by atoms with Crippen molar-refractivity contribution in [2.75, 3.05) is 5.43 Å². The quantitative estimate of drug-likeness (QED) is 0.322. The molecule has 4 N–H and O–H groups in total. The number of nitrogen functional groups attached to an aromatic ring is 1. The Morgan fingerprint density at radius 3 is 2.80 bits per heavy atom. The topological polar surface area (TPSA) is 84.1 Å². The number of nitrogens with zero attached hydrogens (tertiary/aromatic N) is 2. The largest absolute Gasteiger partial charge is 0.392 e. The number of hydrogen-bond acceptors (Lipinski definition) is 6. The molecule has 0 fully saturated rings. The highest BCUT2D eigenvalue weighted by atomic mass is 35.5. The van der Waals surface area contributed by atoms with Gasteiger partial charge in [-0.3, -0.25) is 5.43 Å². The Morgan fingerprint density at radius 1 is 1.60 bits per heavy atom. The van der Waals surface area contributed by atoms with Gasteiger partial charge in [-0.25, -0.2) is 15.8 Å². The number of nitrogens with one attached hydrogen (secondary N) is 1. The molecule has 0 radical (unpaired) electrons. The zero-order chi connectivity index (χ0) is 11.4. The van der Waals surface area contributed by atoms with Crippen LogP contribution in [0.15, 0.2) is 11.2 Å². The monoisotopic (exact) mass is 248 g/mol. The van der Waals surface area contributed by atoms with E-state index in [1.807, 2.05) is 6.92 Å². The second-order valence-corrected chi connectivity index (χ2v) is 4.83. The summed E-state index contributed by atoms with van der Waals surface area (Å²) < 4.78 is 0. The zero-order valence-corrected chi connectivity index (χ0v) is 10.0. The summed E-state index contributed by atoms with van der Waals surface area (Å²) in [7, 11) is 0. The lowest BCUT2D eigenvalue weighted by atomic mass is 10.3. The fraction of sp³-hybridized carbons (Fsp3) is 0.500. The molecule has 1 aromatic rings. The highest BCUT2D eigenvalue weighted by molar-refractivity contribution is 8.00.